The van der Waals surface area contributed by atoms with E-state index in [2.05, 4.69) is 20.8 Å². The Hall–Kier alpha value is -1.59. The van der Waals surface area contributed by atoms with Gasteiger partial charge in [0.25, 0.3) is 0 Å². The van der Waals surface area contributed by atoms with Crippen molar-refractivity contribution in [2.75, 3.05) is 6.61 Å². The third kappa shape index (κ3) is 19.5. The monoisotopic (exact) mass is 568 g/mol. The Morgan fingerprint density at radius 3 is 1.43 bits per heavy atom. The van der Waals surface area contributed by atoms with Crippen LogP contribution >= 0.6 is 0 Å². The van der Waals surface area contributed by atoms with Gasteiger partial charge < -0.3 is 14.9 Å². The lowest BCUT2D eigenvalue weighted by Gasteiger charge is -2.25. The second kappa shape index (κ2) is 26.3. The number of carboxylic acid groups (broad SMARTS) is 2. The zero-order valence-corrected chi connectivity index (χ0v) is 26.5. The van der Waals surface area contributed by atoms with Gasteiger partial charge >= 0.3 is 17.9 Å². The van der Waals surface area contributed by atoms with E-state index >= 15 is 0 Å². The van der Waals surface area contributed by atoms with Crippen molar-refractivity contribution in [2.24, 2.45) is 11.3 Å². The van der Waals surface area contributed by atoms with Crippen LogP contribution in [0.5, 0.6) is 0 Å². The van der Waals surface area contributed by atoms with E-state index in [9.17, 15) is 24.6 Å². The third-order valence-electron chi connectivity index (χ3n) is 8.42. The maximum absolute atomic E-state index is 12.2. The summed E-state index contributed by atoms with van der Waals surface area (Å²) in [4.78, 5) is 36.2. The standard InChI is InChI=1S/C34H64O6/c1-4-7-10-12-13-15-18-22-27-34(32(36)37,33(38)39)28-23-19-16-14-17-21-26-31(35)40-29-30(24-9-6-3)25-20-11-8-5-2/h30H,4-29H2,1-3H3,(H,36,37)(H,38,39). The molecule has 0 aromatic rings. The first-order valence-electron chi connectivity index (χ1n) is 17.0. The summed E-state index contributed by atoms with van der Waals surface area (Å²) < 4.78 is 5.60. The number of aliphatic carboxylic acids is 2. The largest absolute Gasteiger partial charge is 0.480 e. The summed E-state index contributed by atoms with van der Waals surface area (Å²) >= 11 is 0. The van der Waals surface area contributed by atoms with Crippen LogP contribution in [0, 0.1) is 11.3 Å². The molecule has 1 atom stereocenters. The smallest absolute Gasteiger partial charge is 0.321 e. The zero-order chi connectivity index (χ0) is 29.9. The summed E-state index contributed by atoms with van der Waals surface area (Å²) in [6.07, 6.45) is 24.2. The van der Waals surface area contributed by atoms with Crippen molar-refractivity contribution in [3.8, 4) is 0 Å². The first-order chi connectivity index (χ1) is 19.3. The lowest BCUT2D eigenvalue weighted by molar-refractivity contribution is -0.166. The number of ether oxygens (including phenoxy) is 1. The molecule has 2 N–H and O–H groups in total. The van der Waals surface area contributed by atoms with Gasteiger partial charge in [-0.25, -0.2) is 0 Å². The average Bonchev–Trinajstić information content (AvgIpc) is 2.93. The minimum absolute atomic E-state index is 0.0938. The predicted octanol–water partition coefficient (Wildman–Crippen LogP) is 10.1. The molecular weight excluding hydrogens is 504 g/mol. The normalized spacial score (nSPS) is 12.4. The van der Waals surface area contributed by atoms with E-state index in [1.54, 1.807) is 0 Å². The van der Waals surface area contributed by atoms with Crippen LogP contribution in [0.25, 0.3) is 0 Å². The molecule has 6 heteroatoms. The molecule has 0 aliphatic rings. The van der Waals surface area contributed by atoms with Gasteiger partial charge in [0, 0.05) is 6.42 Å². The van der Waals surface area contributed by atoms with Crippen molar-refractivity contribution in [3.63, 3.8) is 0 Å². The number of carboxylic acids is 2. The minimum Gasteiger partial charge on any atom is -0.480 e. The Morgan fingerprint density at radius 2 is 0.950 bits per heavy atom. The third-order valence-corrected chi connectivity index (χ3v) is 8.42. The van der Waals surface area contributed by atoms with Crippen molar-refractivity contribution in [1.29, 1.82) is 0 Å². The Labute approximate surface area is 246 Å². The molecule has 1 unspecified atom stereocenters. The van der Waals surface area contributed by atoms with E-state index in [1.807, 2.05) is 0 Å². The van der Waals surface area contributed by atoms with Crippen molar-refractivity contribution in [1.82, 2.24) is 0 Å². The molecule has 0 rings (SSSR count). The van der Waals surface area contributed by atoms with Crippen molar-refractivity contribution in [3.05, 3.63) is 0 Å². The molecule has 0 heterocycles. The van der Waals surface area contributed by atoms with Gasteiger partial charge in [0.2, 0.25) is 0 Å². The highest BCUT2D eigenvalue weighted by Crippen LogP contribution is 2.33. The Kier molecular flexibility index (Phi) is 25.3. The summed E-state index contributed by atoms with van der Waals surface area (Å²) in [6.45, 7) is 7.17. The van der Waals surface area contributed by atoms with E-state index in [4.69, 9.17) is 4.74 Å². The summed E-state index contributed by atoms with van der Waals surface area (Å²) in [5.74, 6) is -2.00. The number of carbonyl (C=O) groups is 3. The van der Waals surface area contributed by atoms with E-state index in [1.165, 1.54) is 64.2 Å². The SMILES string of the molecule is CCCCCCCCCCC(CCCCCCCCC(=O)OCC(CCCC)CCCCCC)(C(=O)O)C(=O)O. The Bertz CT molecular complexity index is 618. The highest BCUT2D eigenvalue weighted by atomic mass is 16.5. The highest BCUT2D eigenvalue weighted by molar-refractivity contribution is 5.98. The summed E-state index contributed by atoms with van der Waals surface area (Å²) in [5.41, 5.74) is -1.66. The van der Waals surface area contributed by atoms with Crippen LogP contribution in [0.3, 0.4) is 0 Å². The number of unbranched alkanes of at least 4 members (excludes halogenated alkanes) is 16. The predicted molar refractivity (Wildman–Crippen MR) is 165 cm³/mol. The highest BCUT2D eigenvalue weighted by Gasteiger charge is 2.45. The molecule has 0 saturated heterocycles. The molecule has 0 aliphatic heterocycles. The fourth-order valence-electron chi connectivity index (χ4n) is 5.55. The molecule has 0 fully saturated rings. The van der Waals surface area contributed by atoms with Gasteiger partial charge in [0.1, 0.15) is 0 Å². The maximum Gasteiger partial charge on any atom is 0.321 e. The number of carbonyl (C=O) groups excluding carboxylic acids is 1. The summed E-state index contributed by atoms with van der Waals surface area (Å²) in [7, 11) is 0. The fourth-order valence-corrected chi connectivity index (χ4v) is 5.55. The molecular formula is C34H64O6. The number of hydrogen-bond acceptors (Lipinski definition) is 4. The second-order valence-electron chi connectivity index (χ2n) is 12.1. The average molecular weight is 569 g/mol. The number of hydrogen-bond donors (Lipinski definition) is 2. The fraction of sp³-hybridized carbons (Fsp3) is 0.912. The van der Waals surface area contributed by atoms with Gasteiger partial charge in [-0.15, -0.1) is 0 Å². The molecule has 0 bridgehead atoms. The molecule has 40 heavy (non-hydrogen) atoms. The quantitative estimate of drug-likeness (QED) is 0.0508. The summed E-state index contributed by atoms with van der Waals surface area (Å²) in [6, 6.07) is 0. The van der Waals surface area contributed by atoms with E-state index < -0.39 is 17.4 Å². The zero-order valence-electron chi connectivity index (χ0n) is 26.5. The topological polar surface area (TPSA) is 101 Å². The lowest BCUT2D eigenvalue weighted by Crippen LogP contribution is -2.39. The van der Waals surface area contributed by atoms with Crippen LogP contribution < -0.4 is 0 Å². The molecule has 0 aromatic carbocycles. The van der Waals surface area contributed by atoms with Crippen molar-refractivity contribution >= 4 is 17.9 Å². The van der Waals surface area contributed by atoms with Gasteiger partial charge in [-0.3, -0.25) is 14.4 Å². The first kappa shape index (κ1) is 38.4. The molecule has 0 aliphatic carbocycles. The van der Waals surface area contributed by atoms with Gasteiger partial charge in [-0.1, -0.05) is 143 Å². The van der Waals surface area contributed by atoms with Crippen LogP contribution in [0.2, 0.25) is 0 Å². The van der Waals surface area contributed by atoms with E-state index in [0.717, 1.165) is 64.2 Å². The molecule has 236 valence electrons. The van der Waals surface area contributed by atoms with Crippen LogP contribution in [-0.4, -0.2) is 34.7 Å². The molecule has 0 spiro atoms. The van der Waals surface area contributed by atoms with Crippen LogP contribution in [-0.2, 0) is 19.1 Å². The van der Waals surface area contributed by atoms with E-state index in [0.29, 0.717) is 31.8 Å². The van der Waals surface area contributed by atoms with Gasteiger partial charge in [0.05, 0.1) is 6.61 Å². The summed E-state index contributed by atoms with van der Waals surface area (Å²) in [5, 5.41) is 19.6. The van der Waals surface area contributed by atoms with Gasteiger partial charge in [-0.2, -0.15) is 0 Å². The van der Waals surface area contributed by atoms with Gasteiger partial charge in [-0.05, 0) is 38.0 Å². The Balaban J connectivity index is 4.14. The molecule has 0 radical (unpaired) electrons. The molecule has 0 aromatic heterocycles. The lowest BCUT2D eigenvalue weighted by atomic mass is 9.78. The number of rotatable bonds is 30. The second-order valence-corrected chi connectivity index (χ2v) is 12.1. The molecule has 0 saturated carbocycles. The molecule has 0 amide bonds. The van der Waals surface area contributed by atoms with Crippen LogP contribution in [0.1, 0.15) is 181 Å². The first-order valence-corrected chi connectivity index (χ1v) is 17.0. The van der Waals surface area contributed by atoms with E-state index in [-0.39, 0.29) is 18.8 Å². The van der Waals surface area contributed by atoms with Crippen molar-refractivity contribution < 1.29 is 29.3 Å². The van der Waals surface area contributed by atoms with Crippen molar-refractivity contribution in [2.45, 2.75) is 181 Å². The maximum atomic E-state index is 12.2. The number of esters is 1. The molecule has 6 nitrogen and oxygen atoms in total. The van der Waals surface area contributed by atoms with Crippen LogP contribution in [0.15, 0.2) is 0 Å². The van der Waals surface area contributed by atoms with Crippen LogP contribution in [0.4, 0.5) is 0 Å². The van der Waals surface area contributed by atoms with Gasteiger partial charge in [0.15, 0.2) is 5.41 Å². The Morgan fingerprint density at radius 1 is 0.550 bits per heavy atom. The minimum atomic E-state index is -1.66.